The molecule has 0 bridgehead atoms. The number of nitrogens with zero attached hydrogens (tertiary/aromatic N) is 1. The summed E-state index contributed by atoms with van der Waals surface area (Å²) in [6, 6.07) is 12.3. The van der Waals surface area contributed by atoms with Crippen LogP contribution in [0, 0.1) is 6.92 Å². The minimum absolute atomic E-state index is 0.00799. The largest absolute Gasteiger partial charge is 0.495 e. The average molecular weight is 547 g/mol. The molecule has 0 aliphatic heterocycles. The van der Waals surface area contributed by atoms with Crippen LogP contribution in [0.25, 0.3) is 0 Å². The first-order chi connectivity index (χ1) is 16.3. The number of rotatable bonds is 7. The molecule has 6 nitrogen and oxygen atoms in total. The molecule has 0 heterocycles. The molecule has 3 aromatic rings. The normalized spacial score (nSPS) is 11.7. The Hall–Kier alpha value is -2.95. The van der Waals surface area contributed by atoms with Gasteiger partial charge in [-0.2, -0.15) is 13.2 Å². The van der Waals surface area contributed by atoms with Crippen molar-refractivity contribution in [1.29, 1.82) is 0 Å². The third-order valence-corrected chi connectivity index (χ3v) is 7.04. The van der Waals surface area contributed by atoms with Gasteiger partial charge in [-0.25, -0.2) is 8.42 Å². The summed E-state index contributed by atoms with van der Waals surface area (Å²) in [6.07, 6.45) is -4.54. The zero-order valence-electron chi connectivity index (χ0n) is 18.4. The van der Waals surface area contributed by atoms with Crippen LogP contribution in [0.4, 0.5) is 24.5 Å². The number of sulfonamides is 1. The lowest BCUT2D eigenvalue weighted by molar-refractivity contribution is -0.137. The molecular weight excluding hydrogens is 528 g/mol. The van der Waals surface area contributed by atoms with Crippen LogP contribution in [0.15, 0.2) is 65.6 Å². The van der Waals surface area contributed by atoms with E-state index in [1.165, 1.54) is 37.4 Å². The van der Waals surface area contributed by atoms with Gasteiger partial charge in [0.05, 0.1) is 18.4 Å². The number of alkyl halides is 3. The highest BCUT2D eigenvalue weighted by atomic mass is 35.5. The molecule has 0 aliphatic rings. The number of methoxy groups -OCH3 is 1. The van der Waals surface area contributed by atoms with Gasteiger partial charge >= 0.3 is 6.18 Å². The number of amides is 1. The summed E-state index contributed by atoms with van der Waals surface area (Å²) in [4.78, 5) is 12.6. The van der Waals surface area contributed by atoms with Gasteiger partial charge < -0.3 is 10.1 Å². The van der Waals surface area contributed by atoms with Crippen LogP contribution in [-0.2, 0) is 21.0 Å². The van der Waals surface area contributed by atoms with E-state index in [0.717, 1.165) is 28.6 Å². The quantitative estimate of drug-likeness (QED) is 0.385. The molecule has 0 saturated carbocycles. The molecule has 186 valence electrons. The van der Waals surface area contributed by atoms with E-state index in [1.807, 2.05) is 0 Å². The molecule has 0 radical (unpaired) electrons. The number of carbonyl (C=O) groups excluding carboxylic acids is 1. The fraction of sp³-hybridized carbons (Fsp3) is 0.174. The molecule has 1 N–H and O–H groups in total. The van der Waals surface area contributed by atoms with E-state index < -0.39 is 34.2 Å². The standard InChI is InChI=1S/C23H19Cl2F3N2O4S/c1-14-3-8-20(34-2)21(9-14)35(32,33)30(19-11-16(24)10-17(25)12-19)13-22(31)29-18-6-4-15(5-7-18)23(26,27)28/h3-12H,13H2,1-2H3,(H,29,31). The van der Waals surface area contributed by atoms with Crippen molar-refractivity contribution in [2.45, 2.75) is 18.0 Å². The lowest BCUT2D eigenvalue weighted by Gasteiger charge is -2.25. The first kappa shape index (κ1) is 26.7. The van der Waals surface area contributed by atoms with Crippen LogP contribution in [0.3, 0.4) is 0 Å². The molecule has 35 heavy (non-hydrogen) atoms. The molecular formula is C23H19Cl2F3N2O4S. The summed E-state index contributed by atoms with van der Waals surface area (Å²) in [5.41, 5.74) is -0.200. The molecule has 0 aliphatic carbocycles. The minimum Gasteiger partial charge on any atom is -0.495 e. The number of ether oxygens (including phenoxy) is 1. The number of halogens is 5. The van der Waals surface area contributed by atoms with Crippen molar-refractivity contribution >= 4 is 50.5 Å². The van der Waals surface area contributed by atoms with Gasteiger partial charge in [-0.15, -0.1) is 0 Å². The fourth-order valence-electron chi connectivity index (χ4n) is 3.18. The zero-order valence-corrected chi connectivity index (χ0v) is 20.7. The van der Waals surface area contributed by atoms with E-state index in [2.05, 4.69) is 5.32 Å². The van der Waals surface area contributed by atoms with Crippen LogP contribution >= 0.6 is 23.2 Å². The summed E-state index contributed by atoms with van der Waals surface area (Å²) < 4.78 is 71.8. The van der Waals surface area contributed by atoms with Gasteiger partial charge in [0.15, 0.2) is 0 Å². The summed E-state index contributed by atoms with van der Waals surface area (Å²) in [5.74, 6) is -0.757. The maximum absolute atomic E-state index is 13.7. The second-order valence-corrected chi connectivity index (χ2v) is 10.1. The molecule has 0 atom stereocenters. The smallest absolute Gasteiger partial charge is 0.416 e. The first-order valence-electron chi connectivity index (χ1n) is 9.92. The predicted octanol–water partition coefficient (Wildman–Crippen LogP) is 6.16. The highest BCUT2D eigenvalue weighted by Crippen LogP contribution is 2.34. The maximum atomic E-state index is 13.7. The Morgan fingerprint density at radius 3 is 2.14 bits per heavy atom. The first-order valence-corrected chi connectivity index (χ1v) is 12.1. The fourth-order valence-corrected chi connectivity index (χ4v) is 5.34. The molecule has 0 saturated heterocycles. The van der Waals surface area contributed by atoms with Crippen molar-refractivity contribution in [3.63, 3.8) is 0 Å². The molecule has 3 rings (SSSR count). The molecule has 1 amide bonds. The number of nitrogens with one attached hydrogen (secondary N) is 1. The van der Waals surface area contributed by atoms with Gasteiger partial charge in [0, 0.05) is 15.7 Å². The van der Waals surface area contributed by atoms with Crippen molar-refractivity contribution in [3.8, 4) is 5.75 Å². The molecule has 12 heteroatoms. The Morgan fingerprint density at radius 1 is 1.00 bits per heavy atom. The lowest BCUT2D eigenvalue weighted by Crippen LogP contribution is -2.38. The van der Waals surface area contributed by atoms with Gasteiger partial charge in [0.2, 0.25) is 5.91 Å². The summed E-state index contributed by atoms with van der Waals surface area (Å²) in [5, 5.41) is 2.67. The van der Waals surface area contributed by atoms with Crippen LogP contribution in [0.2, 0.25) is 10.0 Å². The number of carbonyl (C=O) groups is 1. The SMILES string of the molecule is COc1ccc(C)cc1S(=O)(=O)N(CC(=O)Nc1ccc(C(F)(F)F)cc1)c1cc(Cl)cc(Cl)c1. The maximum Gasteiger partial charge on any atom is 0.416 e. The van der Waals surface area contributed by atoms with Gasteiger partial charge in [-0.3, -0.25) is 9.10 Å². The van der Waals surface area contributed by atoms with E-state index >= 15 is 0 Å². The van der Waals surface area contributed by atoms with Crippen LogP contribution < -0.4 is 14.4 Å². The Labute approximate surface area is 210 Å². The Morgan fingerprint density at radius 2 is 1.60 bits per heavy atom. The monoisotopic (exact) mass is 546 g/mol. The van der Waals surface area contributed by atoms with Gasteiger partial charge in [0.25, 0.3) is 10.0 Å². The number of anilines is 2. The summed E-state index contributed by atoms with van der Waals surface area (Å²) in [7, 11) is -3.08. The third-order valence-electron chi connectivity index (χ3n) is 4.81. The van der Waals surface area contributed by atoms with Crippen molar-refractivity contribution in [2.24, 2.45) is 0 Å². The molecule has 0 unspecified atom stereocenters. The lowest BCUT2D eigenvalue weighted by atomic mass is 10.2. The van der Waals surface area contributed by atoms with Gasteiger partial charge in [-0.1, -0.05) is 29.3 Å². The van der Waals surface area contributed by atoms with Crippen molar-refractivity contribution in [2.75, 3.05) is 23.3 Å². The van der Waals surface area contributed by atoms with Crippen LogP contribution in [0.5, 0.6) is 5.75 Å². The summed E-state index contributed by atoms with van der Waals surface area (Å²) >= 11 is 12.1. The van der Waals surface area contributed by atoms with Gasteiger partial charge in [0.1, 0.15) is 17.2 Å². The molecule has 0 spiro atoms. The molecule has 0 aromatic heterocycles. The van der Waals surface area contributed by atoms with Crippen LogP contribution in [0.1, 0.15) is 11.1 Å². The van der Waals surface area contributed by atoms with Crippen molar-refractivity contribution in [3.05, 3.63) is 81.8 Å². The van der Waals surface area contributed by atoms with E-state index in [9.17, 15) is 26.4 Å². The average Bonchev–Trinajstić information content (AvgIpc) is 2.76. The van der Waals surface area contributed by atoms with E-state index in [-0.39, 0.29) is 32.1 Å². The third kappa shape index (κ3) is 6.39. The van der Waals surface area contributed by atoms with E-state index in [1.54, 1.807) is 13.0 Å². The van der Waals surface area contributed by atoms with Crippen molar-refractivity contribution in [1.82, 2.24) is 0 Å². The highest BCUT2D eigenvalue weighted by Gasteiger charge is 2.32. The number of aryl methyl sites for hydroxylation is 1. The number of hydrogen-bond acceptors (Lipinski definition) is 4. The van der Waals surface area contributed by atoms with Gasteiger partial charge in [-0.05, 0) is 67.1 Å². The molecule has 0 fully saturated rings. The number of benzene rings is 3. The van der Waals surface area contributed by atoms with E-state index in [0.29, 0.717) is 5.56 Å². The minimum atomic E-state index is -4.54. The second kappa shape index (κ2) is 10.3. The van der Waals surface area contributed by atoms with E-state index in [4.69, 9.17) is 27.9 Å². The predicted molar refractivity (Wildman–Crippen MR) is 129 cm³/mol. The van der Waals surface area contributed by atoms with Crippen LogP contribution in [-0.4, -0.2) is 28.0 Å². The summed E-state index contributed by atoms with van der Waals surface area (Å²) in [6.45, 7) is 0.966. The topological polar surface area (TPSA) is 75.7 Å². The Kier molecular flexibility index (Phi) is 7.88. The van der Waals surface area contributed by atoms with Crippen molar-refractivity contribution < 1.29 is 31.1 Å². The Balaban J connectivity index is 2.00. The highest BCUT2D eigenvalue weighted by molar-refractivity contribution is 7.93. The molecule has 3 aromatic carbocycles. The zero-order chi connectivity index (χ0) is 26.0. The number of hydrogen-bond donors (Lipinski definition) is 1. The Bertz CT molecular complexity index is 1330. The second-order valence-electron chi connectivity index (χ2n) is 7.42.